The van der Waals surface area contributed by atoms with Crippen LogP contribution in [0.1, 0.15) is 41.5 Å². The van der Waals surface area contributed by atoms with Crippen LogP contribution in [0.2, 0.25) is 0 Å². The number of rotatable bonds is 5. The fourth-order valence-electron chi connectivity index (χ4n) is 3.10. The summed E-state index contributed by atoms with van der Waals surface area (Å²) in [5.41, 5.74) is -1.28. The molecule has 0 aliphatic carbocycles. The van der Waals surface area contributed by atoms with Crippen molar-refractivity contribution in [2.75, 3.05) is 13.2 Å². The van der Waals surface area contributed by atoms with Crippen molar-refractivity contribution in [1.29, 1.82) is 0 Å². The van der Waals surface area contributed by atoms with Gasteiger partial charge in [-0.2, -0.15) is 0 Å². The first kappa shape index (κ1) is 19.3. The van der Waals surface area contributed by atoms with E-state index < -0.39 is 41.5 Å². The zero-order valence-electron chi connectivity index (χ0n) is 15.3. The first-order valence-electron chi connectivity index (χ1n) is 8.06. The summed E-state index contributed by atoms with van der Waals surface area (Å²) in [4.78, 5) is 11.7. The summed E-state index contributed by atoms with van der Waals surface area (Å²) in [6.45, 7) is 14.2. The number of esters is 1. The summed E-state index contributed by atoms with van der Waals surface area (Å²) in [6.07, 6.45) is -2.43. The second kappa shape index (κ2) is 6.38. The monoisotopic (exact) mass is 344 g/mol. The normalized spacial score (nSPS) is 32.1. The van der Waals surface area contributed by atoms with Gasteiger partial charge in [-0.3, -0.25) is 4.79 Å². The lowest BCUT2D eigenvalue weighted by molar-refractivity contribution is -0.218. The first-order chi connectivity index (χ1) is 10.9. The van der Waals surface area contributed by atoms with Crippen molar-refractivity contribution >= 4 is 5.97 Å². The quantitative estimate of drug-likeness (QED) is 0.598. The highest BCUT2D eigenvalue weighted by molar-refractivity contribution is 5.66. The molecular formula is C17H28O7. The predicted molar refractivity (Wildman–Crippen MR) is 85.1 cm³/mol. The number of carbonyl (C=O) groups is 1. The zero-order valence-corrected chi connectivity index (χ0v) is 15.3. The Bertz CT molecular complexity index is 513. The maximum atomic E-state index is 11.7. The van der Waals surface area contributed by atoms with Gasteiger partial charge in [0.15, 0.2) is 23.3 Å². The topological polar surface area (TPSA) is 83.5 Å². The van der Waals surface area contributed by atoms with E-state index in [4.69, 9.17) is 23.7 Å². The minimum atomic E-state index is -1.67. The van der Waals surface area contributed by atoms with Crippen LogP contribution in [0, 0.1) is 0 Å². The van der Waals surface area contributed by atoms with Crippen LogP contribution >= 0.6 is 0 Å². The van der Waals surface area contributed by atoms with Gasteiger partial charge >= 0.3 is 5.97 Å². The Hall–Kier alpha value is -0.990. The van der Waals surface area contributed by atoms with Gasteiger partial charge in [-0.05, 0) is 40.2 Å². The van der Waals surface area contributed by atoms with Crippen LogP contribution < -0.4 is 0 Å². The van der Waals surface area contributed by atoms with Gasteiger partial charge in [-0.25, -0.2) is 0 Å². The molecule has 7 heteroatoms. The van der Waals surface area contributed by atoms with Crippen LogP contribution in [-0.4, -0.2) is 59.8 Å². The molecule has 7 nitrogen and oxygen atoms in total. The summed E-state index contributed by atoms with van der Waals surface area (Å²) in [7, 11) is 0. The van der Waals surface area contributed by atoms with Crippen LogP contribution in [-0.2, 0) is 28.5 Å². The van der Waals surface area contributed by atoms with Gasteiger partial charge in [-0.1, -0.05) is 6.58 Å². The van der Waals surface area contributed by atoms with Crippen LogP contribution in [0.5, 0.6) is 0 Å². The molecule has 0 bridgehead atoms. The van der Waals surface area contributed by atoms with Crippen LogP contribution in [0.25, 0.3) is 0 Å². The predicted octanol–water partition coefficient (Wildman–Crippen LogP) is 1.53. The Morgan fingerprint density at radius 3 is 2.08 bits per heavy atom. The Morgan fingerprint density at radius 1 is 1.17 bits per heavy atom. The zero-order chi connectivity index (χ0) is 18.3. The van der Waals surface area contributed by atoms with E-state index >= 15 is 0 Å². The third-order valence-electron chi connectivity index (χ3n) is 4.28. The van der Waals surface area contributed by atoms with Crippen molar-refractivity contribution in [2.45, 2.75) is 77.0 Å². The van der Waals surface area contributed by atoms with E-state index in [1.165, 1.54) is 6.92 Å². The van der Waals surface area contributed by atoms with E-state index in [9.17, 15) is 9.90 Å². The van der Waals surface area contributed by atoms with E-state index in [0.717, 1.165) is 0 Å². The average Bonchev–Trinajstić information content (AvgIpc) is 2.97. The van der Waals surface area contributed by atoms with Crippen molar-refractivity contribution in [3.05, 3.63) is 12.2 Å². The second-order valence-electron chi connectivity index (χ2n) is 7.32. The molecule has 1 N–H and O–H groups in total. The lowest BCUT2D eigenvalue weighted by Gasteiger charge is -2.41. The number of aliphatic hydroxyl groups is 1. The van der Waals surface area contributed by atoms with Gasteiger partial charge in [0.25, 0.3) is 0 Å². The van der Waals surface area contributed by atoms with Gasteiger partial charge in [0.2, 0.25) is 0 Å². The maximum Gasteiger partial charge on any atom is 0.303 e. The van der Waals surface area contributed by atoms with Crippen molar-refractivity contribution < 1.29 is 33.6 Å². The fraction of sp³-hybridized carbons (Fsp3) is 0.824. The standard InChI is InChI=1S/C17H28O7/c1-10(2)17(19,13-9-21-16(6,7)24-13)14(22-11(3)18)12-8-20-15(4,5)23-12/h12-14,19H,1,8-9H2,2-7H3/t12-,13-,14-,17-/m1/s1. The summed E-state index contributed by atoms with van der Waals surface area (Å²) >= 11 is 0. The van der Waals surface area contributed by atoms with E-state index in [0.29, 0.717) is 5.57 Å². The number of hydrogen-bond acceptors (Lipinski definition) is 7. The average molecular weight is 344 g/mol. The molecule has 2 aliphatic heterocycles. The van der Waals surface area contributed by atoms with Crippen molar-refractivity contribution in [1.82, 2.24) is 0 Å². The van der Waals surface area contributed by atoms with Crippen LogP contribution in [0.3, 0.4) is 0 Å². The van der Waals surface area contributed by atoms with Crippen molar-refractivity contribution in [3.8, 4) is 0 Å². The molecule has 0 saturated carbocycles. The lowest BCUT2D eigenvalue weighted by atomic mass is 9.81. The Balaban J connectivity index is 2.35. The third-order valence-corrected chi connectivity index (χ3v) is 4.28. The van der Waals surface area contributed by atoms with Crippen molar-refractivity contribution in [3.63, 3.8) is 0 Å². The SMILES string of the molecule is C=C(C)[C@](O)([C@H](OC(C)=O)[C@H]1COC(C)(C)O1)[C@H]1COC(C)(C)O1. The van der Waals surface area contributed by atoms with E-state index in [1.807, 2.05) is 0 Å². The Kier molecular flexibility index (Phi) is 5.14. The molecule has 4 atom stereocenters. The lowest BCUT2D eigenvalue weighted by Crippen LogP contribution is -2.60. The summed E-state index contributed by atoms with van der Waals surface area (Å²) < 4.78 is 28.2. The molecule has 0 aromatic rings. The molecule has 138 valence electrons. The van der Waals surface area contributed by atoms with E-state index in [-0.39, 0.29) is 13.2 Å². The molecule has 0 unspecified atom stereocenters. The van der Waals surface area contributed by atoms with Gasteiger partial charge in [0, 0.05) is 6.92 Å². The molecule has 24 heavy (non-hydrogen) atoms. The smallest absolute Gasteiger partial charge is 0.303 e. The molecule has 0 aromatic heterocycles. The minimum Gasteiger partial charge on any atom is -0.456 e. The summed E-state index contributed by atoms with van der Waals surface area (Å²) in [5.74, 6) is -2.21. The number of carbonyl (C=O) groups excluding carboxylic acids is 1. The highest BCUT2D eigenvalue weighted by atomic mass is 16.8. The molecule has 2 saturated heterocycles. The third kappa shape index (κ3) is 3.81. The molecule has 0 spiro atoms. The number of ether oxygens (including phenoxy) is 5. The van der Waals surface area contributed by atoms with Gasteiger partial charge in [0.05, 0.1) is 13.2 Å². The highest BCUT2D eigenvalue weighted by Crippen LogP contribution is 2.39. The molecule has 2 aliphatic rings. The van der Waals surface area contributed by atoms with Gasteiger partial charge < -0.3 is 28.8 Å². The Labute approximate surface area is 142 Å². The molecular weight excluding hydrogens is 316 g/mol. The molecule has 0 aromatic carbocycles. The van der Waals surface area contributed by atoms with Crippen LogP contribution in [0.15, 0.2) is 12.2 Å². The van der Waals surface area contributed by atoms with Crippen LogP contribution in [0.4, 0.5) is 0 Å². The molecule has 0 radical (unpaired) electrons. The van der Waals surface area contributed by atoms with E-state index in [2.05, 4.69) is 6.58 Å². The summed E-state index contributed by atoms with van der Waals surface area (Å²) in [6, 6.07) is 0. The van der Waals surface area contributed by atoms with E-state index in [1.54, 1.807) is 34.6 Å². The molecule has 2 fully saturated rings. The fourth-order valence-corrected chi connectivity index (χ4v) is 3.10. The molecule has 0 amide bonds. The minimum absolute atomic E-state index is 0.144. The number of hydrogen-bond donors (Lipinski definition) is 1. The van der Waals surface area contributed by atoms with Gasteiger partial charge in [0.1, 0.15) is 12.2 Å². The largest absolute Gasteiger partial charge is 0.456 e. The Morgan fingerprint density at radius 2 is 1.71 bits per heavy atom. The van der Waals surface area contributed by atoms with Crippen molar-refractivity contribution in [2.24, 2.45) is 0 Å². The molecule has 2 heterocycles. The molecule has 2 rings (SSSR count). The second-order valence-corrected chi connectivity index (χ2v) is 7.32. The first-order valence-corrected chi connectivity index (χ1v) is 8.06. The maximum absolute atomic E-state index is 11.7. The highest BCUT2D eigenvalue weighted by Gasteiger charge is 2.57. The van der Waals surface area contributed by atoms with Gasteiger partial charge in [-0.15, -0.1) is 0 Å². The summed E-state index contributed by atoms with van der Waals surface area (Å²) in [5, 5.41) is 11.4.